The molecule has 1 amide bonds. The molecule has 0 saturated heterocycles. The summed E-state index contributed by atoms with van der Waals surface area (Å²) in [6.45, 7) is 0.113. The number of benzene rings is 2. The lowest BCUT2D eigenvalue weighted by Gasteiger charge is -2.09. The fourth-order valence-electron chi connectivity index (χ4n) is 2.96. The van der Waals surface area contributed by atoms with Gasteiger partial charge in [0.25, 0.3) is 5.91 Å². The van der Waals surface area contributed by atoms with Crippen LogP contribution in [0.2, 0.25) is 0 Å². The van der Waals surface area contributed by atoms with E-state index < -0.39 is 22.7 Å². The molecule has 0 saturated carbocycles. The Morgan fingerprint density at radius 1 is 1.22 bits per heavy atom. The van der Waals surface area contributed by atoms with Gasteiger partial charge < -0.3 is 21.1 Å². The lowest BCUT2D eigenvalue weighted by Crippen LogP contribution is -2.27. The molecule has 2 aromatic carbocycles. The maximum absolute atomic E-state index is 13.6. The third-order valence-electron chi connectivity index (χ3n) is 4.34. The first-order valence-electron chi connectivity index (χ1n) is 9.38. The Balaban J connectivity index is 1.77. The second kappa shape index (κ2) is 9.69. The standard InChI is InChI=1S/C21H20F3N5O2S/c1-31-15-8-3-2-7-14(15)19-29-17(21(22,23)24)16(32-19)18(30)27-10-9-12-5-4-6-13(11-12)28-20(25)26/h2-8,11H,9-10H2,1H3,(H,27,30)(H4,25,26,28). The SMILES string of the molecule is COc1ccccc1-c1nc(C(F)(F)F)c(C(=O)NCCc2cccc(NC(=N)N)c2)s1. The first-order valence-corrected chi connectivity index (χ1v) is 10.2. The minimum atomic E-state index is -4.78. The summed E-state index contributed by atoms with van der Waals surface area (Å²) in [7, 11) is 1.41. The van der Waals surface area contributed by atoms with Gasteiger partial charge in [-0.2, -0.15) is 13.2 Å². The largest absolute Gasteiger partial charge is 0.496 e. The molecule has 0 aliphatic rings. The van der Waals surface area contributed by atoms with E-state index in [0.29, 0.717) is 34.8 Å². The van der Waals surface area contributed by atoms with Gasteiger partial charge in [0.1, 0.15) is 15.6 Å². The van der Waals surface area contributed by atoms with E-state index in [2.05, 4.69) is 15.6 Å². The normalized spacial score (nSPS) is 11.1. The number of halogens is 3. The molecule has 168 valence electrons. The third kappa shape index (κ3) is 5.55. The number of nitrogens with zero attached hydrogens (tertiary/aromatic N) is 1. The number of hydrogen-bond acceptors (Lipinski definition) is 5. The van der Waals surface area contributed by atoms with Crippen LogP contribution in [0.15, 0.2) is 48.5 Å². The van der Waals surface area contributed by atoms with Crippen LogP contribution in [0.3, 0.4) is 0 Å². The quantitative estimate of drug-likeness (QED) is 0.311. The van der Waals surface area contributed by atoms with E-state index in [1.807, 2.05) is 0 Å². The predicted molar refractivity (Wildman–Crippen MR) is 117 cm³/mol. The smallest absolute Gasteiger partial charge is 0.435 e. The number of ether oxygens (including phenoxy) is 1. The van der Waals surface area contributed by atoms with Crippen LogP contribution >= 0.6 is 11.3 Å². The summed E-state index contributed by atoms with van der Waals surface area (Å²) in [4.78, 5) is 15.8. The molecular formula is C21H20F3N5O2S. The molecule has 32 heavy (non-hydrogen) atoms. The molecule has 7 nitrogen and oxygen atoms in total. The van der Waals surface area contributed by atoms with Gasteiger partial charge in [0.2, 0.25) is 0 Å². The van der Waals surface area contributed by atoms with Crippen molar-refractivity contribution < 1.29 is 22.7 Å². The number of thiazole rings is 1. The molecule has 0 fully saturated rings. The van der Waals surface area contributed by atoms with E-state index in [1.54, 1.807) is 48.5 Å². The van der Waals surface area contributed by atoms with E-state index in [9.17, 15) is 18.0 Å². The van der Waals surface area contributed by atoms with Crippen molar-refractivity contribution in [2.24, 2.45) is 5.73 Å². The molecule has 0 aliphatic carbocycles. The molecule has 0 bridgehead atoms. The van der Waals surface area contributed by atoms with Crippen LogP contribution < -0.4 is 21.1 Å². The number of carbonyl (C=O) groups excluding carboxylic acids is 1. The number of amides is 1. The molecule has 1 aromatic heterocycles. The molecule has 5 N–H and O–H groups in total. The van der Waals surface area contributed by atoms with Crippen LogP contribution in [-0.4, -0.2) is 30.5 Å². The van der Waals surface area contributed by atoms with Gasteiger partial charge in [-0.05, 0) is 36.2 Å². The highest BCUT2D eigenvalue weighted by atomic mass is 32.1. The van der Waals surface area contributed by atoms with E-state index in [-0.39, 0.29) is 17.5 Å². The van der Waals surface area contributed by atoms with E-state index in [1.165, 1.54) is 7.11 Å². The Bertz CT molecular complexity index is 1130. The summed E-state index contributed by atoms with van der Waals surface area (Å²) in [6, 6.07) is 13.5. The number of hydrogen-bond donors (Lipinski definition) is 4. The number of carbonyl (C=O) groups is 1. The van der Waals surface area contributed by atoms with Crippen molar-refractivity contribution in [3.8, 4) is 16.3 Å². The van der Waals surface area contributed by atoms with Gasteiger partial charge in [0.05, 0.1) is 12.7 Å². The molecule has 1 heterocycles. The van der Waals surface area contributed by atoms with Crippen molar-refractivity contribution >= 4 is 28.9 Å². The summed E-state index contributed by atoms with van der Waals surface area (Å²) >= 11 is 0.662. The molecular weight excluding hydrogens is 443 g/mol. The van der Waals surface area contributed by atoms with Crippen molar-refractivity contribution in [2.75, 3.05) is 19.0 Å². The first kappa shape index (κ1) is 23.1. The van der Waals surface area contributed by atoms with Crippen LogP contribution in [0.1, 0.15) is 20.9 Å². The molecule has 0 unspecified atom stereocenters. The lowest BCUT2D eigenvalue weighted by atomic mass is 10.1. The van der Waals surface area contributed by atoms with E-state index >= 15 is 0 Å². The highest BCUT2D eigenvalue weighted by Gasteiger charge is 2.40. The number of anilines is 1. The summed E-state index contributed by atoms with van der Waals surface area (Å²) < 4.78 is 45.9. The zero-order chi connectivity index (χ0) is 23.3. The fourth-order valence-corrected chi connectivity index (χ4v) is 4.00. The topological polar surface area (TPSA) is 113 Å². The fraction of sp³-hybridized carbons (Fsp3) is 0.190. The van der Waals surface area contributed by atoms with Crippen molar-refractivity contribution in [1.82, 2.24) is 10.3 Å². The Hall–Kier alpha value is -3.60. The maximum atomic E-state index is 13.6. The highest BCUT2D eigenvalue weighted by Crippen LogP contribution is 2.40. The molecule has 0 spiro atoms. The number of methoxy groups -OCH3 is 1. The van der Waals surface area contributed by atoms with Gasteiger partial charge in [0.15, 0.2) is 11.7 Å². The third-order valence-corrected chi connectivity index (χ3v) is 5.43. The Morgan fingerprint density at radius 3 is 2.66 bits per heavy atom. The number of guanidine groups is 1. The van der Waals surface area contributed by atoms with Crippen LogP contribution in [0.5, 0.6) is 5.75 Å². The van der Waals surface area contributed by atoms with Crippen molar-refractivity contribution in [3.63, 3.8) is 0 Å². The molecule has 3 aromatic rings. The van der Waals surface area contributed by atoms with Gasteiger partial charge >= 0.3 is 6.18 Å². The van der Waals surface area contributed by atoms with E-state index in [0.717, 1.165) is 5.56 Å². The van der Waals surface area contributed by atoms with Crippen molar-refractivity contribution in [1.29, 1.82) is 5.41 Å². The number of para-hydroxylation sites is 1. The summed E-state index contributed by atoms with van der Waals surface area (Å²) in [6.07, 6.45) is -4.41. The number of alkyl halides is 3. The molecule has 0 atom stereocenters. The second-order valence-corrected chi connectivity index (χ2v) is 7.64. The van der Waals surface area contributed by atoms with Crippen LogP contribution in [-0.2, 0) is 12.6 Å². The summed E-state index contributed by atoms with van der Waals surface area (Å²) in [5, 5.41) is 12.5. The summed E-state index contributed by atoms with van der Waals surface area (Å²) in [5.74, 6) is -0.707. The number of nitrogens with two attached hydrogens (primary N) is 1. The van der Waals surface area contributed by atoms with Gasteiger partial charge in [-0.1, -0.05) is 24.3 Å². The van der Waals surface area contributed by atoms with Crippen LogP contribution in [0, 0.1) is 5.41 Å². The van der Waals surface area contributed by atoms with Crippen molar-refractivity contribution in [2.45, 2.75) is 12.6 Å². The highest BCUT2D eigenvalue weighted by molar-refractivity contribution is 7.17. The van der Waals surface area contributed by atoms with Gasteiger partial charge in [0, 0.05) is 12.2 Å². The Labute approximate surface area is 185 Å². The van der Waals surface area contributed by atoms with Crippen LogP contribution in [0.4, 0.5) is 18.9 Å². The number of rotatable bonds is 7. The zero-order valence-electron chi connectivity index (χ0n) is 16.9. The average molecular weight is 463 g/mol. The molecule has 0 radical (unpaired) electrons. The van der Waals surface area contributed by atoms with Gasteiger partial charge in [-0.25, -0.2) is 4.98 Å². The Morgan fingerprint density at radius 2 is 1.97 bits per heavy atom. The monoisotopic (exact) mass is 463 g/mol. The lowest BCUT2D eigenvalue weighted by molar-refractivity contribution is -0.141. The molecule has 0 aliphatic heterocycles. The van der Waals surface area contributed by atoms with Gasteiger partial charge in [-0.3, -0.25) is 10.2 Å². The minimum absolute atomic E-state index is 0.0444. The average Bonchev–Trinajstić information content (AvgIpc) is 3.19. The Kier molecular flexibility index (Phi) is 6.98. The molecule has 3 rings (SSSR count). The van der Waals surface area contributed by atoms with Crippen molar-refractivity contribution in [3.05, 3.63) is 64.7 Å². The first-order chi connectivity index (χ1) is 15.2. The van der Waals surface area contributed by atoms with Crippen LogP contribution in [0.25, 0.3) is 10.6 Å². The van der Waals surface area contributed by atoms with E-state index in [4.69, 9.17) is 15.9 Å². The minimum Gasteiger partial charge on any atom is -0.496 e. The summed E-state index contributed by atoms with van der Waals surface area (Å²) in [5.41, 5.74) is 5.86. The predicted octanol–water partition coefficient (Wildman–Crippen LogP) is 4.12. The second-order valence-electron chi connectivity index (χ2n) is 6.64. The zero-order valence-corrected chi connectivity index (χ0v) is 17.7. The molecule has 11 heteroatoms. The number of nitrogens with one attached hydrogen (secondary N) is 3. The maximum Gasteiger partial charge on any atom is 0.435 e. The van der Waals surface area contributed by atoms with Gasteiger partial charge in [-0.15, -0.1) is 11.3 Å². The number of aromatic nitrogens is 1.